The zero-order chi connectivity index (χ0) is 13.0. The van der Waals surface area contributed by atoms with Gasteiger partial charge in [-0.05, 0) is 37.7 Å². The van der Waals surface area contributed by atoms with Crippen LogP contribution in [0.2, 0.25) is 0 Å². The molecule has 1 heterocycles. The van der Waals surface area contributed by atoms with Gasteiger partial charge < -0.3 is 9.84 Å². The van der Waals surface area contributed by atoms with E-state index in [1.165, 1.54) is 18.7 Å². The molecule has 5 heteroatoms. The molecule has 1 N–H and O–H groups in total. The molecule has 0 saturated heterocycles. The summed E-state index contributed by atoms with van der Waals surface area (Å²) in [5, 5.41) is 16.6. The van der Waals surface area contributed by atoms with Crippen LogP contribution in [0.25, 0.3) is 0 Å². The molecule has 0 amide bonds. The Kier molecular flexibility index (Phi) is 4.12. The molecule has 2 atom stereocenters. The van der Waals surface area contributed by atoms with E-state index in [-0.39, 0.29) is 17.5 Å². The third-order valence-electron chi connectivity index (χ3n) is 3.54. The molecule has 1 aliphatic rings. The standard InChI is InChI=1S/C13H18N2O3/c1-2-9-5-3-4-6-11(9)18-12-10(13(16)17)7-8-14-15-12/h7-9,11H,2-6H2,1H3,(H,16,17). The van der Waals surface area contributed by atoms with Gasteiger partial charge in [0.25, 0.3) is 0 Å². The van der Waals surface area contributed by atoms with Gasteiger partial charge in [-0.3, -0.25) is 0 Å². The van der Waals surface area contributed by atoms with Gasteiger partial charge in [0.1, 0.15) is 11.7 Å². The highest BCUT2D eigenvalue weighted by molar-refractivity contribution is 5.89. The van der Waals surface area contributed by atoms with E-state index in [1.54, 1.807) is 0 Å². The van der Waals surface area contributed by atoms with Gasteiger partial charge in [-0.2, -0.15) is 5.10 Å². The monoisotopic (exact) mass is 250 g/mol. The van der Waals surface area contributed by atoms with Crippen molar-refractivity contribution in [2.75, 3.05) is 0 Å². The Bertz CT molecular complexity index is 422. The fraction of sp³-hybridized carbons (Fsp3) is 0.615. The molecule has 1 fully saturated rings. The summed E-state index contributed by atoms with van der Waals surface area (Å²) in [6, 6.07) is 1.43. The lowest BCUT2D eigenvalue weighted by Gasteiger charge is -2.30. The van der Waals surface area contributed by atoms with Crippen LogP contribution < -0.4 is 4.74 Å². The molecular formula is C13H18N2O3. The van der Waals surface area contributed by atoms with E-state index in [0.29, 0.717) is 5.92 Å². The fourth-order valence-corrected chi connectivity index (χ4v) is 2.51. The Morgan fingerprint density at radius 3 is 3.00 bits per heavy atom. The minimum atomic E-state index is -1.02. The van der Waals surface area contributed by atoms with Crippen molar-refractivity contribution >= 4 is 5.97 Å². The van der Waals surface area contributed by atoms with E-state index in [1.807, 2.05) is 0 Å². The lowest BCUT2D eigenvalue weighted by Crippen LogP contribution is -2.30. The summed E-state index contributed by atoms with van der Waals surface area (Å²) in [5.41, 5.74) is 0.0884. The molecule has 2 rings (SSSR count). The zero-order valence-corrected chi connectivity index (χ0v) is 10.5. The van der Waals surface area contributed by atoms with Gasteiger partial charge >= 0.3 is 5.97 Å². The van der Waals surface area contributed by atoms with Crippen molar-refractivity contribution < 1.29 is 14.6 Å². The first-order valence-corrected chi connectivity index (χ1v) is 6.44. The number of rotatable bonds is 4. The number of nitrogens with zero attached hydrogens (tertiary/aromatic N) is 2. The largest absolute Gasteiger partial charge is 0.477 e. The second kappa shape index (κ2) is 5.80. The van der Waals surface area contributed by atoms with Crippen LogP contribution >= 0.6 is 0 Å². The summed E-state index contributed by atoms with van der Waals surface area (Å²) in [5.74, 6) is -0.387. The molecule has 1 aromatic rings. The van der Waals surface area contributed by atoms with Crippen LogP contribution in [0.4, 0.5) is 0 Å². The quantitative estimate of drug-likeness (QED) is 0.888. The molecule has 0 radical (unpaired) electrons. The molecule has 1 saturated carbocycles. The molecule has 0 bridgehead atoms. The minimum absolute atomic E-state index is 0.0681. The van der Waals surface area contributed by atoms with Crippen LogP contribution in [0.15, 0.2) is 12.3 Å². The van der Waals surface area contributed by atoms with Gasteiger partial charge in [0.15, 0.2) is 0 Å². The summed E-state index contributed by atoms with van der Waals surface area (Å²) in [4.78, 5) is 11.1. The van der Waals surface area contributed by atoms with Crippen molar-refractivity contribution in [2.24, 2.45) is 5.92 Å². The summed E-state index contributed by atoms with van der Waals surface area (Å²) in [6.07, 6.45) is 6.95. The van der Waals surface area contributed by atoms with Crippen LogP contribution in [-0.2, 0) is 0 Å². The molecule has 98 valence electrons. The first-order chi connectivity index (χ1) is 8.72. The van der Waals surface area contributed by atoms with Crippen LogP contribution in [-0.4, -0.2) is 27.4 Å². The van der Waals surface area contributed by atoms with Crippen LogP contribution in [0.3, 0.4) is 0 Å². The normalized spacial score (nSPS) is 23.6. The molecule has 5 nitrogen and oxygen atoms in total. The topological polar surface area (TPSA) is 72.3 Å². The predicted octanol–water partition coefficient (Wildman–Crippen LogP) is 2.52. The summed E-state index contributed by atoms with van der Waals surface area (Å²) in [6.45, 7) is 2.14. The Balaban J connectivity index is 2.15. The van der Waals surface area contributed by atoms with E-state index in [2.05, 4.69) is 17.1 Å². The highest BCUT2D eigenvalue weighted by Gasteiger charge is 2.27. The summed E-state index contributed by atoms with van der Waals surface area (Å²) in [7, 11) is 0. The second-order valence-electron chi connectivity index (χ2n) is 4.66. The van der Waals surface area contributed by atoms with Crippen molar-refractivity contribution in [3.05, 3.63) is 17.8 Å². The summed E-state index contributed by atoms with van der Waals surface area (Å²) < 4.78 is 5.80. The Labute approximate surface area is 106 Å². The number of hydrogen-bond acceptors (Lipinski definition) is 4. The molecule has 18 heavy (non-hydrogen) atoms. The number of carboxylic acids is 1. The molecule has 0 aromatic carbocycles. The minimum Gasteiger partial charge on any atom is -0.477 e. The number of ether oxygens (including phenoxy) is 1. The lowest BCUT2D eigenvalue weighted by atomic mass is 9.85. The van der Waals surface area contributed by atoms with Crippen molar-refractivity contribution in [1.29, 1.82) is 0 Å². The van der Waals surface area contributed by atoms with Crippen LogP contribution in [0, 0.1) is 5.92 Å². The van der Waals surface area contributed by atoms with E-state index in [0.717, 1.165) is 25.7 Å². The molecule has 2 unspecified atom stereocenters. The average Bonchev–Trinajstić information content (AvgIpc) is 2.40. The van der Waals surface area contributed by atoms with Gasteiger partial charge in [-0.25, -0.2) is 4.79 Å². The second-order valence-corrected chi connectivity index (χ2v) is 4.66. The molecule has 0 spiro atoms. The van der Waals surface area contributed by atoms with Gasteiger partial charge in [-0.15, -0.1) is 5.10 Å². The number of aromatic nitrogens is 2. The number of carbonyl (C=O) groups is 1. The van der Waals surface area contributed by atoms with Gasteiger partial charge in [-0.1, -0.05) is 13.3 Å². The molecular weight excluding hydrogens is 232 g/mol. The van der Waals surface area contributed by atoms with Crippen LogP contribution in [0.1, 0.15) is 49.4 Å². The highest BCUT2D eigenvalue weighted by Crippen LogP contribution is 2.30. The Morgan fingerprint density at radius 1 is 1.50 bits per heavy atom. The zero-order valence-electron chi connectivity index (χ0n) is 10.5. The van der Waals surface area contributed by atoms with E-state index in [4.69, 9.17) is 9.84 Å². The van der Waals surface area contributed by atoms with Crippen molar-refractivity contribution in [1.82, 2.24) is 10.2 Å². The number of aromatic carboxylic acids is 1. The van der Waals surface area contributed by atoms with Crippen LogP contribution in [0.5, 0.6) is 5.88 Å². The third-order valence-corrected chi connectivity index (χ3v) is 3.54. The maximum Gasteiger partial charge on any atom is 0.341 e. The average molecular weight is 250 g/mol. The first-order valence-electron chi connectivity index (χ1n) is 6.44. The third kappa shape index (κ3) is 2.78. The summed E-state index contributed by atoms with van der Waals surface area (Å²) >= 11 is 0. The smallest absolute Gasteiger partial charge is 0.341 e. The molecule has 1 aliphatic carbocycles. The van der Waals surface area contributed by atoms with E-state index < -0.39 is 5.97 Å². The first kappa shape index (κ1) is 12.8. The SMILES string of the molecule is CCC1CCCCC1Oc1nnccc1C(=O)O. The maximum absolute atomic E-state index is 11.1. The van der Waals surface area contributed by atoms with E-state index >= 15 is 0 Å². The van der Waals surface area contributed by atoms with Gasteiger partial charge in [0, 0.05) is 0 Å². The predicted molar refractivity (Wildman–Crippen MR) is 65.7 cm³/mol. The molecule has 0 aliphatic heterocycles. The van der Waals surface area contributed by atoms with E-state index in [9.17, 15) is 4.79 Å². The van der Waals surface area contributed by atoms with Crippen molar-refractivity contribution in [3.63, 3.8) is 0 Å². The van der Waals surface area contributed by atoms with Crippen molar-refractivity contribution in [3.8, 4) is 5.88 Å². The number of hydrogen-bond donors (Lipinski definition) is 1. The molecule has 1 aromatic heterocycles. The number of carboxylic acid groups (broad SMARTS) is 1. The maximum atomic E-state index is 11.1. The van der Waals surface area contributed by atoms with Crippen molar-refractivity contribution in [2.45, 2.75) is 45.1 Å². The van der Waals surface area contributed by atoms with Gasteiger partial charge in [0.2, 0.25) is 5.88 Å². The Morgan fingerprint density at radius 2 is 2.28 bits per heavy atom. The lowest BCUT2D eigenvalue weighted by molar-refractivity contribution is 0.0651. The van der Waals surface area contributed by atoms with Gasteiger partial charge in [0.05, 0.1) is 6.20 Å². The highest BCUT2D eigenvalue weighted by atomic mass is 16.5. The fourth-order valence-electron chi connectivity index (χ4n) is 2.51. The Hall–Kier alpha value is -1.65.